The Kier molecular flexibility index (Phi) is 7.35. The monoisotopic (exact) mass is 768 g/mol. The number of hydrogen-bond acceptors (Lipinski definition) is 8. The van der Waals surface area contributed by atoms with Crippen molar-refractivity contribution in [1.29, 1.82) is 0 Å². The molecular weight excluding hydrogens is 757 g/mol. The molecule has 7 rings (SSSR count). The molecule has 0 saturated heterocycles. The highest BCUT2D eigenvalue weighted by Gasteiger charge is 2.46. The summed E-state index contributed by atoms with van der Waals surface area (Å²) in [6.07, 6.45) is 2.98. The van der Waals surface area contributed by atoms with Gasteiger partial charge in [-0.15, -0.1) is 0 Å². The van der Waals surface area contributed by atoms with Gasteiger partial charge in [-0.05, 0) is 72.1 Å². The second-order valence-corrected chi connectivity index (χ2v) is 12.1. The molecule has 0 saturated carbocycles. The Balaban J connectivity index is 0.000000152. The third-order valence-electron chi connectivity index (χ3n) is 6.37. The van der Waals surface area contributed by atoms with Crippen LogP contribution in [0.5, 0.6) is 11.6 Å². The molecule has 0 radical (unpaired) electrons. The van der Waals surface area contributed by atoms with Gasteiger partial charge in [-0.2, -0.15) is 0 Å². The number of benzene rings is 2. The number of nitrogens with zero attached hydrogens (tertiary/aromatic N) is 3. The zero-order valence-electron chi connectivity index (χ0n) is 20.4. The molecule has 1 atom stereocenters. The maximum absolute atomic E-state index is 13.9. The van der Waals surface area contributed by atoms with Gasteiger partial charge in [0.2, 0.25) is 17.0 Å². The molecule has 0 bridgehead atoms. The topological polar surface area (TPSA) is 113 Å². The molecule has 8 nitrogen and oxygen atoms in total. The van der Waals surface area contributed by atoms with E-state index in [0.29, 0.717) is 32.5 Å². The number of ether oxygens (including phenoxy) is 2. The Labute approximate surface area is 259 Å². The Morgan fingerprint density at radius 1 is 0.927 bits per heavy atom. The third-order valence-corrected chi connectivity index (χ3v) is 8.23. The molecule has 208 valence electrons. The van der Waals surface area contributed by atoms with Crippen molar-refractivity contribution >= 4 is 87.3 Å². The van der Waals surface area contributed by atoms with Crippen molar-refractivity contribution in [3.8, 4) is 11.6 Å². The van der Waals surface area contributed by atoms with E-state index in [-0.39, 0.29) is 45.2 Å². The van der Waals surface area contributed by atoms with Crippen LogP contribution in [0.3, 0.4) is 0 Å². The van der Waals surface area contributed by atoms with Gasteiger partial charge in [-0.3, -0.25) is 9.79 Å². The molecular formula is C27H14Br3ClF2N4O4. The molecule has 0 amide bonds. The van der Waals surface area contributed by atoms with E-state index >= 15 is 0 Å². The van der Waals surface area contributed by atoms with Gasteiger partial charge in [-0.25, -0.2) is 18.7 Å². The van der Waals surface area contributed by atoms with Crippen molar-refractivity contribution < 1.29 is 22.7 Å². The van der Waals surface area contributed by atoms with Crippen LogP contribution in [0.1, 0.15) is 11.1 Å². The maximum Gasteiger partial charge on any atom is 0.230 e. The standard InChI is InChI=1S/C15H10Br2FN3O2.C12H4BrClFNO2/c16-7-1-9-14(20-4-7)23-12-3-11(18)10(17)2-8(12)15(9)6-22-5-13(19)21-15;13-8-2-6-10(3-9(8)15)18-12-7(11(6)17)1-5(14)4-16-12/h1-4H,5-6H2,(H2,19,21);1-4H. The first-order valence-electron chi connectivity index (χ1n) is 11.7. The zero-order valence-corrected chi connectivity index (χ0v) is 25.9. The molecule has 2 aromatic carbocycles. The van der Waals surface area contributed by atoms with E-state index in [4.69, 9.17) is 31.2 Å². The Morgan fingerprint density at radius 3 is 2.46 bits per heavy atom. The quantitative estimate of drug-likeness (QED) is 0.164. The van der Waals surface area contributed by atoms with E-state index in [1.807, 2.05) is 6.07 Å². The molecule has 5 heterocycles. The number of nitrogens with two attached hydrogens (primary N) is 1. The summed E-state index contributed by atoms with van der Waals surface area (Å²) in [6.45, 7) is 0.532. The number of amidine groups is 1. The Morgan fingerprint density at radius 2 is 1.68 bits per heavy atom. The van der Waals surface area contributed by atoms with Crippen molar-refractivity contribution in [3.05, 3.63) is 100 Å². The number of pyridine rings is 2. The summed E-state index contributed by atoms with van der Waals surface area (Å²) in [7, 11) is 0. The molecule has 1 spiro atoms. The van der Waals surface area contributed by atoms with Gasteiger partial charge in [0.15, 0.2) is 0 Å². The Hall–Kier alpha value is -2.97. The number of aliphatic imine (C=N–C) groups is 1. The first-order valence-corrected chi connectivity index (χ1v) is 14.4. The van der Waals surface area contributed by atoms with E-state index in [9.17, 15) is 13.6 Å². The molecule has 5 aromatic rings. The minimum Gasteiger partial charge on any atom is -0.438 e. The number of rotatable bonds is 0. The van der Waals surface area contributed by atoms with Crippen LogP contribution in [-0.4, -0.2) is 29.0 Å². The Bertz CT molecular complexity index is 1990. The van der Waals surface area contributed by atoms with Gasteiger partial charge >= 0.3 is 0 Å². The molecule has 41 heavy (non-hydrogen) atoms. The summed E-state index contributed by atoms with van der Waals surface area (Å²) in [6, 6.07) is 8.85. The van der Waals surface area contributed by atoms with E-state index in [2.05, 4.69) is 62.8 Å². The van der Waals surface area contributed by atoms with E-state index in [1.165, 1.54) is 24.4 Å². The molecule has 0 fully saturated rings. The van der Waals surface area contributed by atoms with Crippen LogP contribution in [0.4, 0.5) is 8.78 Å². The van der Waals surface area contributed by atoms with Crippen LogP contribution in [0.15, 0.2) is 76.4 Å². The number of halogens is 6. The third kappa shape index (κ3) is 5.03. The molecule has 2 aliphatic rings. The average Bonchev–Trinajstić information content (AvgIpc) is 2.93. The molecule has 3 aromatic heterocycles. The van der Waals surface area contributed by atoms with Gasteiger partial charge < -0.3 is 19.6 Å². The molecule has 0 aliphatic carbocycles. The highest BCUT2D eigenvalue weighted by molar-refractivity contribution is 9.11. The van der Waals surface area contributed by atoms with Crippen molar-refractivity contribution in [2.75, 3.05) is 13.2 Å². The molecule has 2 aliphatic heterocycles. The van der Waals surface area contributed by atoms with Crippen molar-refractivity contribution in [1.82, 2.24) is 9.97 Å². The summed E-state index contributed by atoms with van der Waals surface area (Å²) in [5, 5.41) is 0.892. The van der Waals surface area contributed by atoms with E-state index in [1.54, 1.807) is 12.3 Å². The molecule has 14 heteroatoms. The summed E-state index contributed by atoms with van der Waals surface area (Å²) in [4.78, 5) is 25.0. The van der Waals surface area contributed by atoms with Crippen LogP contribution < -0.4 is 15.9 Å². The SMILES string of the molecule is NC1=NC2(COC1)c1cc(Br)c(F)cc1Oc1ncc(Br)cc12.O=c1c2cc(Br)c(F)cc2oc2ncc(Cl)cc12. The van der Waals surface area contributed by atoms with Crippen LogP contribution in [-0.2, 0) is 10.3 Å². The van der Waals surface area contributed by atoms with E-state index < -0.39 is 17.2 Å². The largest absolute Gasteiger partial charge is 0.438 e. The predicted molar refractivity (Wildman–Crippen MR) is 160 cm³/mol. The van der Waals surface area contributed by atoms with Crippen LogP contribution in [0.25, 0.3) is 22.1 Å². The number of hydrogen-bond donors (Lipinski definition) is 1. The summed E-state index contributed by atoms with van der Waals surface area (Å²) in [5.74, 6) is 0.169. The fourth-order valence-electron chi connectivity index (χ4n) is 4.59. The lowest BCUT2D eigenvalue weighted by Gasteiger charge is -2.38. The van der Waals surface area contributed by atoms with Gasteiger partial charge in [-0.1, -0.05) is 11.6 Å². The van der Waals surface area contributed by atoms with Crippen LogP contribution >= 0.6 is 59.4 Å². The van der Waals surface area contributed by atoms with Gasteiger partial charge in [0.05, 0.1) is 36.9 Å². The summed E-state index contributed by atoms with van der Waals surface area (Å²) in [5.41, 5.74) is 6.43. The van der Waals surface area contributed by atoms with Crippen LogP contribution in [0.2, 0.25) is 5.02 Å². The second kappa shape index (κ2) is 10.7. The second-order valence-electron chi connectivity index (χ2n) is 9.03. The minimum atomic E-state index is -0.905. The minimum absolute atomic E-state index is 0.138. The summed E-state index contributed by atoms with van der Waals surface area (Å²) < 4.78 is 45.4. The van der Waals surface area contributed by atoms with Gasteiger partial charge in [0, 0.05) is 34.6 Å². The predicted octanol–water partition coefficient (Wildman–Crippen LogP) is 7.38. The van der Waals surface area contributed by atoms with Gasteiger partial charge in [0.25, 0.3) is 0 Å². The summed E-state index contributed by atoms with van der Waals surface area (Å²) >= 11 is 15.4. The normalized spacial score (nSPS) is 17.4. The average molecular weight is 772 g/mol. The van der Waals surface area contributed by atoms with Crippen molar-refractivity contribution in [2.45, 2.75) is 5.54 Å². The van der Waals surface area contributed by atoms with Gasteiger partial charge in [0.1, 0.15) is 40.9 Å². The number of aromatic nitrogens is 2. The smallest absolute Gasteiger partial charge is 0.230 e. The van der Waals surface area contributed by atoms with Crippen LogP contribution in [0, 0.1) is 11.6 Å². The van der Waals surface area contributed by atoms with E-state index in [0.717, 1.165) is 16.1 Å². The van der Waals surface area contributed by atoms with Crippen molar-refractivity contribution in [2.24, 2.45) is 10.7 Å². The maximum atomic E-state index is 13.9. The lowest BCUT2D eigenvalue weighted by molar-refractivity contribution is 0.109. The molecule has 2 N–H and O–H groups in total. The fourth-order valence-corrected chi connectivity index (χ4v) is 5.77. The first-order chi connectivity index (χ1) is 19.6. The number of fused-ring (bicyclic) bond motifs is 6. The lowest BCUT2D eigenvalue weighted by Crippen LogP contribution is -2.42. The van der Waals surface area contributed by atoms with Crippen molar-refractivity contribution in [3.63, 3.8) is 0 Å². The molecule has 1 unspecified atom stereocenters. The first kappa shape index (κ1) is 28.2. The zero-order chi connectivity index (χ0) is 29.1. The highest BCUT2D eigenvalue weighted by Crippen LogP contribution is 2.50. The lowest BCUT2D eigenvalue weighted by atomic mass is 9.81. The highest BCUT2D eigenvalue weighted by atomic mass is 79.9. The fraction of sp³-hybridized carbons (Fsp3) is 0.111.